The van der Waals surface area contributed by atoms with Gasteiger partial charge in [-0.1, -0.05) is 11.6 Å². The zero-order valence-electron chi connectivity index (χ0n) is 7.22. The lowest BCUT2D eigenvalue weighted by molar-refractivity contribution is -0.136. The highest BCUT2D eigenvalue weighted by Crippen LogP contribution is 2.31. The molecule has 0 amide bonds. The largest absolute Gasteiger partial charge is 0.481 e. The van der Waals surface area contributed by atoms with E-state index in [2.05, 4.69) is 21.2 Å². The lowest BCUT2D eigenvalue weighted by Crippen LogP contribution is -2.16. The van der Waals surface area contributed by atoms with Gasteiger partial charge in [-0.25, -0.2) is 0 Å². The van der Waals surface area contributed by atoms with Gasteiger partial charge in [0.15, 0.2) is 0 Å². The fraction of sp³-hybridized carbons (Fsp3) is 0.375. The molecule has 2 N–H and O–H groups in total. The third-order valence-electron chi connectivity index (χ3n) is 1.51. The van der Waals surface area contributed by atoms with E-state index in [0.29, 0.717) is 13.1 Å². The molecule has 6 heteroatoms. The Labute approximate surface area is 99.2 Å². The van der Waals surface area contributed by atoms with Crippen LogP contribution >= 0.6 is 38.9 Å². The zero-order valence-corrected chi connectivity index (χ0v) is 10.4. The molecule has 0 saturated heterocycles. The van der Waals surface area contributed by atoms with Crippen LogP contribution in [0.5, 0.6) is 0 Å². The Bertz CT molecular complexity index is 310. The topological polar surface area (TPSA) is 49.3 Å². The van der Waals surface area contributed by atoms with Crippen molar-refractivity contribution in [3.63, 3.8) is 0 Å². The van der Waals surface area contributed by atoms with Crippen molar-refractivity contribution in [2.45, 2.75) is 13.0 Å². The Hall–Kier alpha value is -0.100. The quantitative estimate of drug-likeness (QED) is 0.822. The summed E-state index contributed by atoms with van der Waals surface area (Å²) >= 11 is 10.6. The van der Waals surface area contributed by atoms with Gasteiger partial charge in [-0.15, -0.1) is 11.3 Å². The van der Waals surface area contributed by atoms with Crippen molar-refractivity contribution in [1.29, 1.82) is 0 Å². The SMILES string of the molecule is O=C(O)CCNCc1cc(Br)c(Cl)s1. The van der Waals surface area contributed by atoms with Crippen LogP contribution in [0.3, 0.4) is 0 Å². The van der Waals surface area contributed by atoms with Crippen LogP contribution < -0.4 is 5.32 Å². The first kappa shape index (κ1) is 12.0. The average Bonchev–Trinajstić information content (AvgIpc) is 2.40. The van der Waals surface area contributed by atoms with Crippen molar-refractivity contribution in [1.82, 2.24) is 5.32 Å². The molecule has 0 atom stereocenters. The number of aliphatic carboxylic acids is 1. The number of carboxylic acid groups (broad SMARTS) is 1. The first-order valence-corrected chi connectivity index (χ1v) is 5.94. The van der Waals surface area contributed by atoms with Gasteiger partial charge in [0.2, 0.25) is 0 Å². The second-order valence-electron chi connectivity index (χ2n) is 2.65. The third kappa shape index (κ3) is 3.96. The van der Waals surface area contributed by atoms with Crippen LogP contribution in [0, 0.1) is 0 Å². The molecule has 0 bridgehead atoms. The monoisotopic (exact) mass is 297 g/mol. The molecule has 1 aromatic heterocycles. The summed E-state index contributed by atoms with van der Waals surface area (Å²) in [5.41, 5.74) is 0. The molecule has 1 heterocycles. The number of halogens is 2. The van der Waals surface area contributed by atoms with Crippen LogP contribution in [0.1, 0.15) is 11.3 Å². The van der Waals surface area contributed by atoms with Gasteiger partial charge >= 0.3 is 5.97 Å². The summed E-state index contributed by atoms with van der Waals surface area (Å²) in [5, 5.41) is 11.4. The average molecular weight is 299 g/mol. The number of carboxylic acids is 1. The van der Waals surface area contributed by atoms with E-state index in [1.54, 1.807) is 0 Å². The molecule has 0 aliphatic carbocycles. The van der Waals surface area contributed by atoms with E-state index >= 15 is 0 Å². The van der Waals surface area contributed by atoms with Gasteiger partial charge < -0.3 is 10.4 Å². The maximum atomic E-state index is 10.2. The molecule has 0 aromatic carbocycles. The van der Waals surface area contributed by atoms with E-state index in [1.165, 1.54) is 11.3 Å². The van der Waals surface area contributed by atoms with Crippen molar-refractivity contribution in [2.75, 3.05) is 6.54 Å². The van der Waals surface area contributed by atoms with Crippen molar-refractivity contribution in [2.24, 2.45) is 0 Å². The summed E-state index contributed by atoms with van der Waals surface area (Å²) in [6.45, 7) is 1.13. The van der Waals surface area contributed by atoms with Crippen LogP contribution in [0.25, 0.3) is 0 Å². The fourth-order valence-electron chi connectivity index (χ4n) is 0.885. The third-order valence-corrected chi connectivity index (χ3v) is 3.99. The number of rotatable bonds is 5. The first-order valence-electron chi connectivity index (χ1n) is 3.96. The molecule has 0 radical (unpaired) electrons. The van der Waals surface area contributed by atoms with Gasteiger partial charge in [0.05, 0.1) is 6.42 Å². The molecule has 0 aliphatic rings. The second kappa shape index (κ2) is 5.70. The Kier molecular flexibility index (Phi) is 4.88. The maximum absolute atomic E-state index is 10.2. The molecule has 78 valence electrons. The minimum atomic E-state index is -0.789. The van der Waals surface area contributed by atoms with Gasteiger partial charge in [-0.05, 0) is 22.0 Å². The van der Waals surface area contributed by atoms with Crippen LogP contribution in [0.15, 0.2) is 10.5 Å². The molecule has 1 aromatic rings. The van der Waals surface area contributed by atoms with Gasteiger partial charge in [0, 0.05) is 22.4 Å². The summed E-state index contributed by atoms with van der Waals surface area (Å²) < 4.78 is 1.61. The molecule has 14 heavy (non-hydrogen) atoms. The molecule has 1 rings (SSSR count). The molecule has 0 spiro atoms. The Morgan fingerprint density at radius 1 is 1.71 bits per heavy atom. The summed E-state index contributed by atoms with van der Waals surface area (Å²) in [6.07, 6.45) is 0.139. The van der Waals surface area contributed by atoms with Gasteiger partial charge in [-0.3, -0.25) is 4.79 Å². The van der Waals surface area contributed by atoms with E-state index in [0.717, 1.165) is 13.7 Å². The summed E-state index contributed by atoms with van der Waals surface area (Å²) in [7, 11) is 0. The molecule has 0 fully saturated rings. The minimum Gasteiger partial charge on any atom is -0.481 e. The Balaban J connectivity index is 2.28. The van der Waals surface area contributed by atoms with Gasteiger partial charge in [-0.2, -0.15) is 0 Å². The van der Waals surface area contributed by atoms with Crippen LogP contribution in [-0.4, -0.2) is 17.6 Å². The number of hydrogen-bond donors (Lipinski definition) is 2. The lowest BCUT2D eigenvalue weighted by atomic mass is 10.4. The summed E-state index contributed by atoms with van der Waals surface area (Å²) in [6, 6.07) is 1.93. The molecular formula is C8H9BrClNO2S. The van der Waals surface area contributed by atoms with Gasteiger partial charge in [0.25, 0.3) is 0 Å². The first-order chi connectivity index (χ1) is 6.59. The standard InChI is InChI=1S/C8H9BrClNO2S/c9-6-3-5(14-8(6)10)4-11-2-1-7(12)13/h3,11H,1-2,4H2,(H,12,13). The van der Waals surface area contributed by atoms with Crippen molar-refractivity contribution >= 4 is 44.8 Å². The van der Waals surface area contributed by atoms with Gasteiger partial charge in [0.1, 0.15) is 4.34 Å². The van der Waals surface area contributed by atoms with E-state index in [4.69, 9.17) is 16.7 Å². The smallest absolute Gasteiger partial charge is 0.304 e. The normalized spacial score (nSPS) is 10.4. The molecule has 0 aliphatic heterocycles. The van der Waals surface area contributed by atoms with E-state index < -0.39 is 5.97 Å². The number of hydrogen-bond acceptors (Lipinski definition) is 3. The number of nitrogens with one attached hydrogen (secondary N) is 1. The highest BCUT2D eigenvalue weighted by Gasteiger charge is 2.04. The van der Waals surface area contributed by atoms with Crippen LogP contribution in [0.2, 0.25) is 4.34 Å². The summed E-state index contributed by atoms with van der Waals surface area (Å²) in [5.74, 6) is -0.789. The highest BCUT2D eigenvalue weighted by atomic mass is 79.9. The number of carbonyl (C=O) groups is 1. The summed E-state index contributed by atoms with van der Waals surface area (Å²) in [4.78, 5) is 11.3. The maximum Gasteiger partial charge on any atom is 0.304 e. The van der Waals surface area contributed by atoms with E-state index in [1.807, 2.05) is 6.07 Å². The van der Waals surface area contributed by atoms with Crippen molar-refractivity contribution in [3.05, 3.63) is 19.8 Å². The van der Waals surface area contributed by atoms with E-state index in [9.17, 15) is 4.79 Å². The molecular weight excluding hydrogens is 290 g/mol. The predicted octanol–water partition coefficient (Wildman–Crippen LogP) is 2.73. The lowest BCUT2D eigenvalue weighted by Gasteiger charge is -1.98. The molecule has 3 nitrogen and oxygen atoms in total. The molecule has 0 saturated carbocycles. The zero-order chi connectivity index (χ0) is 10.6. The molecule has 0 unspecified atom stereocenters. The van der Waals surface area contributed by atoms with E-state index in [-0.39, 0.29) is 6.42 Å². The van der Waals surface area contributed by atoms with Crippen LogP contribution in [-0.2, 0) is 11.3 Å². The minimum absolute atomic E-state index is 0.139. The highest BCUT2D eigenvalue weighted by molar-refractivity contribution is 9.10. The predicted molar refractivity (Wildman–Crippen MR) is 61.0 cm³/mol. The Morgan fingerprint density at radius 2 is 2.43 bits per heavy atom. The number of thiophene rings is 1. The van der Waals surface area contributed by atoms with Crippen molar-refractivity contribution < 1.29 is 9.90 Å². The van der Waals surface area contributed by atoms with Crippen LogP contribution in [0.4, 0.5) is 0 Å². The second-order valence-corrected chi connectivity index (χ2v) is 5.25. The fourth-order valence-corrected chi connectivity index (χ4v) is 2.65. The Morgan fingerprint density at radius 3 is 2.93 bits per heavy atom. The van der Waals surface area contributed by atoms with Crippen molar-refractivity contribution in [3.8, 4) is 0 Å².